The molecule has 0 fully saturated rings. The van der Waals surface area contributed by atoms with Crippen molar-refractivity contribution in [2.45, 2.75) is 18.5 Å². The molecule has 0 heterocycles. The average molecular weight is 254 g/mol. The number of nitrogens with two attached hydrogens (primary N) is 2. The van der Waals surface area contributed by atoms with Crippen molar-refractivity contribution >= 4 is 5.97 Å². The predicted octanol–water partition coefficient (Wildman–Crippen LogP) is 0.506. The Hall–Kier alpha value is -1.79. The van der Waals surface area contributed by atoms with Gasteiger partial charge in [0.05, 0.1) is 14.2 Å². The normalized spacial score (nSPS) is 13.8. The van der Waals surface area contributed by atoms with Crippen molar-refractivity contribution in [2.24, 2.45) is 11.5 Å². The monoisotopic (exact) mass is 254 g/mol. The molecule has 0 aliphatic carbocycles. The van der Waals surface area contributed by atoms with Crippen molar-refractivity contribution < 1.29 is 19.4 Å². The molecule has 100 valence electrons. The number of rotatable bonds is 6. The highest BCUT2D eigenvalue weighted by Crippen LogP contribution is 2.30. The first-order chi connectivity index (χ1) is 8.49. The highest BCUT2D eigenvalue weighted by molar-refractivity contribution is 5.73. The number of hydrogen-bond acceptors (Lipinski definition) is 5. The lowest BCUT2D eigenvalue weighted by atomic mass is 9.99. The maximum absolute atomic E-state index is 10.7. The van der Waals surface area contributed by atoms with Crippen LogP contribution in [0.1, 0.15) is 18.0 Å². The second-order valence-electron chi connectivity index (χ2n) is 3.89. The van der Waals surface area contributed by atoms with Gasteiger partial charge < -0.3 is 26.0 Å². The fourth-order valence-electron chi connectivity index (χ4n) is 1.63. The van der Waals surface area contributed by atoms with Gasteiger partial charge in [-0.05, 0) is 24.6 Å². The van der Waals surface area contributed by atoms with Crippen LogP contribution in [0.2, 0.25) is 0 Å². The zero-order valence-electron chi connectivity index (χ0n) is 10.4. The maximum Gasteiger partial charge on any atom is 0.320 e. The van der Waals surface area contributed by atoms with Crippen LogP contribution in [0.5, 0.6) is 11.5 Å². The number of methoxy groups -OCH3 is 2. The van der Waals surface area contributed by atoms with Crippen LogP contribution in [0.15, 0.2) is 18.2 Å². The highest BCUT2D eigenvalue weighted by Gasteiger charge is 2.20. The summed E-state index contributed by atoms with van der Waals surface area (Å²) in [5, 5.41) is 8.77. The lowest BCUT2D eigenvalue weighted by Crippen LogP contribution is -2.33. The van der Waals surface area contributed by atoms with Crippen LogP contribution in [0, 0.1) is 0 Å². The number of ether oxygens (including phenoxy) is 2. The van der Waals surface area contributed by atoms with E-state index in [0.717, 1.165) is 0 Å². The van der Waals surface area contributed by atoms with Crippen molar-refractivity contribution in [1.82, 2.24) is 0 Å². The molecule has 6 nitrogen and oxygen atoms in total. The van der Waals surface area contributed by atoms with Gasteiger partial charge in [0.1, 0.15) is 17.5 Å². The molecule has 2 atom stereocenters. The average Bonchev–Trinajstić information content (AvgIpc) is 2.37. The second kappa shape index (κ2) is 6.23. The van der Waals surface area contributed by atoms with E-state index in [1.165, 1.54) is 7.11 Å². The maximum atomic E-state index is 10.7. The number of aliphatic carboxylic acids is 1. The molecular weight excluding hydrogens is 236 g/mol. The van der Waals surface area contributed by atoms with E-state index in [4.69, 9.17) is 26.0 Å². The number of benzene rings is 1. The summed E-state index contributed by atoms with van der Waals surface area (Å²) >= 11 is 0. The van der Waals surface area contributed by atoms with Crippen LogP contribution >= 0.6 is 0 Å². The molecule has 0 aliphatic heterocycles. The van der Waals surface area contributed by atoms with E-state index < -0.39 is 18.1 Å². The molecule has 1 rings (SSSR count). The first-order valence-electron chi connectivity index (χ1n) is 5.45. The number of hydrogen-bond donors (Lipinski definition) is 3. The molecule has 2 unspecified atom stereocenters. The first kappa shape index (κ1) is 14.3. The summed E-state index contributed by atoms with van der Waals surface area (Å²) < 4.78 is 10.3. The van der Waals surface area contributed by atoms with Crippen LogP contribution in [0.3, 0.4) is 0 Å². The van der Waals surface area contributed by atoms with Gasteiger partial charge in [-0.15, -0.1) is 0 Å². The Balaban J connectivity index is 2.95. The predicted molar refractivity (Wildman–Crippen MR) is 66.7 cm³/mol. The molecule has 0 radical (unpaired) electrons. The van der Waals surface area contributed by atoms with Gasteiger partial charge in [-0.2, -0.15) is 0 Å². The van der Waals surface area contributed by atoms with Crippen molar-refractivity contribution in [3.05, 3.63) is 23.8 Å². The molecule has 0 spiro atoms. The van der Waals surface area contributed by atoms with E-state index in [0.29, 0.717) is 17.1 Å². The molecule has 0 saturated carbocycles. The van der Waals surface area contributed by atoms with Crippen molar-refractivity contribution in [1.29, 1.82) is 0 Å². The summed E-state index contributed by atoms with van der Waals surface area (Å²) in [5.74, 6) is 0.137. The van der Waals surface area contributed by atoms with Crippen LogP contribution in [0.4, 0.5) is 0 Å². The molecule has 5 N–H and O–H groups in total. The molecule has 0 bridgehead atoms. The smallest absolute Gasteiger partial charge is 0.320 e. The lowest BCUT2D eigenvalue weighted by molar-refractivity contribution is -0.138. The third-order valence-electron chi connectivity index (χ3n) is 2.66. The molecule has 0 amide bonds. The van der Waals surface area contributed by atoms with Gasteiger partial charge in [0, 0.05) is 11.6 Å². The van der Waals surface area contributed by atoms with E-state index >= 15 is 0 Å². The van der Waals surface area contributed by atoms with E-state index in [2.05, 4.69) is 0 Å². The van der Waals surface area contributed by atoms with E-state index in [1.54, 1.807) is 25.3 Å². The fourth-order valence-corrected chi connectivity index (χ4v) is 1.63. The van der Waals surface area contributed by atoms with Crippen LogP contribution in [-0.2, 0) is 4.79 Å². The first-order valence-corrected chi connectivity index (χ1v) is 5.45. The minimum Gasteiger partial charge on any atom is -0.497 e. The van der Waals surface area contributed by atoms with Crippen molar-refractivity contribution in [2.75, 3.05) is 14.2 Å². The van der Waals surface area contributed by atoms with Gasteiger partial charge in [-0.25, -0.2) is 0 Å². The molecule has 1 aromatic rings. The Labute approximate surface area is 105 Å². The number of carboxylic acid groups (broad SMARTS) is 1. The van der Waals surface area contributed by atoms with Gasteiger partial charge in [-0.1, -0.05) is 0 Å². The second-order valence-corrected chi connectivity index (χ2v) is 3.89. The standard InChI is InChI=1S/C12H18N2O4/c1-17-7-3-4-11(18-2)8(5-7)9(13)6-10(14)12(15)16/h3-5,9-10H,6,13-14H2,1-2H3,(H,15,16). The van der Waals surface area contributed by atoms with Gasteiger partial charge in [0.15, 0.2) is 0 Å². The van der Waals surface area contributed by atoms with Gasteiger partial charge in [0.2, 0.25) is 0 Å². The number of carbonyl (C=O) groups is 1. The molecule has 1 aromatic carbocycles. The Bertz CT molecular complexity index is 423. The summed E-state index contributed by atoms with van der Waals surface area (Å²) in [7, 11) is 3.06. The van der Waals surface area contributed by atoms with E-state index in [1.807, 2.05) is 0 Å². The SMILES string of the molecule is COc1ccc(OC)c(C(N)CC(N)C(=O)O)c1. The quantitative estimate of drug-likeness (QED) is 0.682. The van der Waals surface area contributed by atoms with Crippen molar-refractivity contribution in [3.8, 4) is 11.5 Å². The molecular formula is C12H18N2O4. The Morgan fingerprint density at radius 3 is 2.50 bits per heavy atom. The topological polar surface area (TPSA) is 108 Å². The Kier molecular flexibility index (Phi) is 4.94. The molecule has 0 aromatic heterocycles. The van der Waals surface area contributed by atoms with Gasteiger partial charge >= 0.3 is 5.97 Å². The van der Waals surface area contributed by atoms with Crippen LogP contribution in [0.25, 0.3) is 0 Å². The number of carboxylic acids is 1. The highest BCUT2D eigenvalue weighted by atomic mass is 16.5. The summed E-state index contributed by atoms with van der Waals surface area (Å²) in [6.07, 6.45) is 0.124. The largest absolute Gasteiger partial charge is 0.497 e. The third kappa shape index (κ3) is 3.35. The molecule has 18 heavy (non-hydrogen) atoms. The van der Waals surface area contributed by atoms with Crippen LogP contribution in [-0.4, -0.2) is 31.3 Å². The summed E-state index contributed by atoms with van der Waals surface area (Å²) in [5.41, 5.74) is 12.1. The Morgan fingerprint density at radius 1 is 1.33 bits per heavy atom. The Morgan fingerprint density at radius 2 is 2.00 bits per heavy atom. The third-order valence-corrected chi connectivity index (χ3v) is 2.66. The molecule has 0 saturated heterocycles. The molecule has 6 heteroatoms. The van der Waals surface area contributed by atoms with Crippen molar-refractivity contribution in [3.63, 3.8) is 0 Å². The van der Waals surface area contributed by atoms with E-state index in [-0.39, 0.29) is 6.42 Å². The zero-order chi connectivity index (χ0) is 13.7. The van der Waals surface area contributed by atoms with Gasteiger partial charge in [-0.3, -0.25) is 4.79 Å². The summed E-state index contributed by atoms with van der Waals surface area (Å²) in [6.45, 7) is 0. The fraction of sp³-hybridized carbons (Fsp3) is 0.417. The zero-order valence-corrected chi connectivity index (χ0v) is 10.4. The van der Waals surface area contributed by atoms with E-state index in [9.17, 15) is 4.79 Å². The molecule has 0 aliphatic rings. The summed E-state index contributed by atoms with van der Waals surface area (Å²) in [4.78, 5) is 10.7. The lowest BCUT2D eigenvalue weighted by Gasteiger charge is -2.18. The minimum absolute atomic E-state index is 0.124. The van der Waals surface area contributed by atoms with Crippen LogP contribution < -0.4 is 20.9 Å². The minimum atomic E-state index is -1.08. The summed E-state index contributed by atoms with van der Waals surface area (Å²) in [6, 6.07) is 3.65. The van der Waals surface area contributed by atoms with Gasteiger partial charge in [0.25, 0.3) is 0 Å².